The van der Waals surface area contributed by atoms with Gasteiger partial charge in [-0.05, 0) is 42.3 Å². The van der Waals surface area contributed by atoms with Gasteiger partial charge in [-0.1, -0.05) is 34.1 Å². The van der Waals surface area contributed by atoms with E-state index in [1.807, 2.05) is 30.5 Å². The van der Waals surface area contributed by atoms with Crippen LogP contribution in [-0.4, -0.2) is 16.8 Å². The molecule has 0 spiro atoms. The van der Waals surface area contributed by atoms with Crippen molar-refractivity contribution in [3.63, 3.8) is 0 Å². The fourth-order valence-corrected chi connectivity index (χ4v) is 2.71. The summed E-state index contributed by atoms with van der Waals surface area (Å²) < 4.78 is 0.891. The van der Waals surface area contributed by atoms with E-state index in [0.717, 1.165) is 20.9 Å². The Morgan fingerprint density at radius 1 is 1.00 bits per heavy atom. The second kappa shape index (κ2) is 7.31. The summed E-state index contributed by atoms with van der Waals surface area (Å²) >= 11 is 3.31. The molecule has 0 saturated heterocycles. The van der Waals surface area contributed by atoms with Crippen molar-refractivity contribution < 1.29 is 9.59 Å². The third kappa shape index (κ3) is 3.83. The molecular weight excluding hydrogens is 370 g/mol. The van der Waals surface area contributed by atoms with Gasteiger partial charge in [-0.15, -0.1) is 0 Å². The molecule has 0 unspecified atom stereocenters. The van der Waals surface area contributed by atoms with E-state index in [9.17, 15) is 9.59 Å². The molecule has 0 bridgehead atoms. The molecule has 0 atom stereocenters. The molecule has 2 amide bonds. The van der Waals surface area contributed by atoms with E-state index >= 15 is 0 Å². The van der Waals surface area contributed by atoms with Crippen LogP contribution in [0.25, 0.3) is 10.9 Å². The fraction of sp³-hybridized carbons (Fsp3) is 0.111. The molecule has 6 heteroatoms. The lowest BCUT2D eigenvalue weighted by atomic mass is 10.1. The molecule has 1 heterocycles. The summed E-state index contributed by atoms with van der Waals surface area (Å²) in [4.78, 5) is 27.0. The predicted octanol–water partition coefficient (Wildman–Crippen LogP) is 3.32. The fourth-order valence-electron chi connectivity index (χ4n) is 2.45. The Bertz CT molecular complexity index is 871. The lowest BCUT2D eigenvalue weighted by molar-refractivity contribution is -0.121. The molecule has 5 nitrogen and oxygen atoms in total. The second-order valence-electron chi connectivity index (χ2n) is 5.37. The van der Waals surface area contributed by atoms with Crippen LogP contribution in [-0.2, 0) is 11.2 Å². The number of carbonyl (C=O) groups excluding carboxylic acids is 2. The maximum Gasteiger partial charge on any atom is 0.269 e. The van der Waals surface area contributed by atoms with E-state index in [0.29, 0.717) is 18.4 Å². The van der Waals surface area contributed by atoms with Gasteiger partial charge >= 0.3 is 0 Å². The van der Waals surface area contributed by atoms with E-state index in [1.165, 1.54) is 0 Å². The largest absolute Gasteiger partial charge is 0.361 e. The second-order valence-corrected chi connectivity index (χ2v) is 6.28. The van der Waals surface area contributed by atoms with Gasteiger partial charge in [-0.2, -0.15) is 0 Å². The number of benzene rings is 2. The molecule has 3 aromatic rings. The summed E-state index contributed by atoms with van der Waals surface area (Å²) in [6, 6.07) is 14.9. The van der Waals surface area contributed by atoms with E-state index in [2.05, 4.69) is 31.8 Å². The number of para-hydroxylation sites is 1. The lowest BCUT2D eigenvalue weighted by Crippen LogP contribution is -2.41. The quantitative estimate of drug-likeness (QED) is 0.602. The summed E-state index contributed by atoms with van der Waals surface area (Å²) in [7, 11) is 0. The molecule has 0 fully saturated rings. The maximum atomic E-state index is 11.9. The van der Waals surface area contributed by atoms with Crippen LogP contribution in [0.15, 0.2) is 59.2 Å². The molecule has 3 rings (SSSR count). The maximum absolute atomic E-state index is 11.9. The zero-order valence-corrected chi connectivity index (χ0v) is 14.4. The molecule has 122 valence electrons. The van der Waals surface area contributed by atoms with Crippen molar-refractivity contribution in [2.75, 3.05) is 0 Å². The van der Waals surface area contributed by atoms with Crippen molar-refractivity contribution in [1.29, 1.82) is 0 Å². The molecule has 0 radical (unpaired) electrons. The number of carbonyl (C=O) groups is 2. The molecule has 0 aliphatic rings. The first-order valence-electron chi connectivity index (χ1n) is 7.53. The van der Waals surface area contributed by atoms with Gasteiger partial charge in [0.1, 0.15) is 0 Å². The van der Waals surface area contributed by atoms with Crippen molar-refractivity contribution >= 4 is 38.6 Å². The minimum absolute atomic E-state index is 0.231. The number of amides is 2. The van der Waals surface area contributed by atoms with Gasteiger partial charge in [0.25, 0.3) is 5.91 Å². The monoisotopic (exact) mass is 385 g/mol. The first-order chi connectivity index (χ1) is 11.6. The highest BCUT2D eigenvalue weighted by Crippen LogP contribution is 2.18. The highest BCUT2D eigenvalue weighted by molar-refractivity contribution is 9.10. The average molecular weight is 386 g/mol. The Balaban J connectivity index is 1.51. The highest BCUT2D eigenvalue weighted by Gasteiger charge is 2.09. The minimum atomic E-state index is -0.344. The molecule has 24 heavy (non-hydrogen) atoms. The predicted molar refractivity (Wildman–Crippen MR) is 96.4 cm³/mol. The lowest BCUT2D eigenvalue weighted by Gasteiger charge is -2.07. The molecule has 0 saturated carbocycles. The Hall–Kier alpha value is -2.60. The number of rotatable bonds is 4. The van der Waals surface area contributed by atoms with Gasteiger partial charge < -0.3 is 4.98 Å². The van der Waals surface area contributed by atoms with Crippen LogP contribution in [0.1, 0.15) is 22.3 Å². The number of fused-ring (bicyclic) bond motifs is 1. The van der Waals surface area contributed by atoms with Crippen molar-refractivity contribution in [2.45, 2.75) is 12.8 Å². The van der Waals surface area contributed by atoms with Crippen molar-refractivity contribution in [3.05, 3.63) is 70.3 Å². The number of hydrogen-bond donors (Lipinski definition) is 3. The smallest absolute Gasteiger partial charge is 0.269 e. The summed E-state index contributed by atoms with van der Waals surface area (Å²) in [5.41, 5.74) is 7.49. The standard InChI is InChI=1S/C18H16BrN3O2/c19-14-8-5-12(6-9-14)18(24)22-21-17(23)10-7-13-11-20-16-4-2-1-3-15(13)16/h1-6,8-9,11,20H,7,10H2,(H,21,23)(H,22,24). The summed E-state index contributed by atoms with van der Waals surface area (Å²) in [6.07, 6.45) is 2.81. The van der Waals surface area contributed by atoms with Crippen molar-refractivity contribution in [1.82, 2.24) is 15.8 Å². The van der Waals surface area contributed by atoms with Gasteiger partial charge in [0.05, 0.1) is 0 Å². The van der Waals surface area contributed by atoms with Gasteiger partial charge in [0.2, 0.25) is 5.91 Å². The molecule has 3 N–H and O–H groups in total. The number of hydrazine groups is 1. The third-order valence-corrected chi connectivity index (χ3v) is 4.25. The van der Waals surface area contributed by atoms with Gasteiger partial charge in [0.15, 0.2) is 0 Å². The summed E-state index contributed by atoms with van der Waals surface area (Å²) in [5, 5.41) is 1.11. The molecule has 2 aromatic carbocycles. The number of halogens is 1. The number of hydrogen-bond acceptors (Lipinski definition) is 2. The number of aryl methyl sites for hydroxylation is 1. The number of aromatic nitrogens is 1. The SMILES string of the molecule is O=C(CCc1c[nH]c2ccccc12)NNC(=O)c1ccc(Br)cc1. The van der Waals surface area contributed by atoms with E-state index in [-0.39, 0.29) is 11.8 Å². The summed E-state index contributed by atoms with van der Waals surface area (Å²) in [6.45, 7) is 0. The van der Waals surface area contributed by atoms with Crippen molar-refractivity contribution in [3.8, 4) is 0 Å². The van der Waals surface area contributed by atoms with Gasteiger partial charge in [0, 0.05) is 33.6 Å². The third-order valence-electron chi connectivity index (χ3n) is 3.72. The first kappa shape index (κ1) is 16.3. The topological polar surface area (TPSA) is 74.0 Å². The number of H-pyrrole nitrogens is 1. The van der Waals surface area contributed by atoms with Crippen LogP contribution in [0.5, 0.6) is 0 Å². The van der Waals surface area contributed by atoms with E-state index in [1.54, 1.807) is 24.3 Å². The van der Waals surface area contributed by atoms with Crippen LogP contribution in [0, 0.1) is 0 Å². The van der Waals surface area contributed by atoms with Crippen LogP contribution < -0.4 is 10.9 Å². The normalized spacial score (nSPS) is 10.5. The molecular formula is C18H16BrN3O2. The van der Waals surface area contributed by atoms with E-state index < -0.39 is 0 Å². The van der Waals surface area contributed by atoms with Crippen molar-refractivity contribution in [2.24, 2.45) is 0 Å². The minimum Gasteiger partial charge on any atom is -0.361 e. The van der Waals surface area contributed by atoms with Gasteiger partial charge in [-0.3, -0.25) is 20.4 Å². The average Bonchev–Trinajstić information content (AvgIpc) is 3.01. The zero-order chi connectivity index (χ0) is 16.9. The summed E-state index contributed by atoms with van der Waals surface area (Å²) in [5.74, 6) is -0.575. The Kier molecular flexibility index (Phi) is 4.96. The number of nitrogens with one attached hydrogen (secondary N) is 3. The van der Waals surface area contributed by atoms with Crippen LogP contribution in [0.2, 0.25) is 0 Å². The number of aromatic amines is 1. The zero-order valence-electron chi connectivity index (χ0n) is 12.8. The van der Waals surface area contributed by atoms with E-state index in [4.69, 9.17) is 0 Å². The highest BCUT2D eigenvalue weighted by atomic mass is 79.9. The Morgan fingerprint density at radius 2 is 1.75 bits per heavy atom. The first-order valence-corrected chi connectivity index (χ1v) is 8.32. The van der Waals surface area contributed by atoms with Crippen LogP contribution in [0.3, 0.4) is 0 Å². The van der Waals surface area contributed by atoms with Gasteiger partial charge in [-0.25, -0.2) is 0 Å². The molecule has 1 aromatic heterocycles. The molecule has 0 aliphatic heterocycles. The Labute approximate surface area is 147 Å². The van der Waals surface area contributed by atoms with Crippen LogP contribution >= 0.6 is 15.9 Å². The Morgan fingerprint density at radius 3 is 2.54 bits per heavy atom. The molecule has 0 aliphatic carbocycles. The van der Waals surface area contributed by atoms with Crippen LogP contribution in [0.4, 0.5) is 0 Å².